The van der Waals surface area contributed by atoms with E-state index in [2.05, 4.69) is 23.1 Å². The first-order valence-corrected chi connectivity index (χ1v) is 6.47. The third-order valence-corrected chi connectivity index (χ3v) is 3.11. The molecule has 2 heterocycles. The van der Waals surface area contributed by atoms with Crippen LogP contribution in [0, 0.1) is 0 Å². The number of methoxy groups -OCH3 is 1. The summed E-state index contributed by atoms with van der Waals surface area (Å²) in [5, 5.41) is 0.380. The molecule has 106 valence electrons. The molecule has 2 aromatic heterocycles. The number of pyridine rings is 2. The molecule has 0 amide bonds. The number of aromatic nitrogens is 2. The standard InChI is InChI=1S/C16H13ClN2O2/c1-4-10-8-19-15(21-3)7-12(10)16(20)13-6-11(17)9-18-14(13)5-2/h4-9H,1-2H2,3H3. The average Bonchev–Trinajstić information content (AvgIpc) is 2.53. The third-order valence-electron chi connectivity index (χ3n) is 2.91. The number of ketones is 1. The van der Waals surface area contributed by atoms with Gasteiger partial charge in [-0.2, -0.15) is 0 Å². The zero-order valence-electron chi connectivity index (χ0n) is 11.5. The Morgan fingerprint density at radius 1 is 1.19 bits per heavy atom. The molecular weight excluding hydrogens is 288 g/mol. The fourth-order valence-electron chi connectivity index (χ4n) is 1.86. The highest BCUT2D eigenvalue weighted by molar-refractivity contribution is 6.31. The van der Waals surface area contributed by atoms with Crippen molar-refractivity contribution in [3.8, 4) is 5.88 Å². The van der Waals surface area contributed by atoms with Crippen LogP contribution in [-0.4, -0.2) is 22.9 Å². The van der Waals surface area contributed by atoms with Crippen molar-refractivity contribution in [3.63, 3.8) is 0 Å². The van der Waals surface area contributed by atoms with Crippen molar-refractivity contribution in [2.24, 2.45) is 0 Å². The van der Waals surface area contributed by atoms with Crippen LogP contribution in [0.2, 0.25) is 5.02 Å². The maximum Gasteiger partial charge on any atom is 0.213 e. The Hall–Kier alpha value is -2.46. The number of halogens is 1. The Kier molecular flexibility index (Phi) is 4.50. The predicted octanol–water partition coefficient (Wildman–Crippen LogP) is 3.66. The van der Waals surface area contributed by atoms with E-state index in [1.165, 1.54) is 25.6 Å². The molecule has 0 aliphatic carbocycles. The van der Waals surface area contributed by atoms with Gasteiger partial charge in [-0.15, -0.1) is 0 Å². The monoisotopic (exact) mass is 300 g/mol. The lowest BCUT2D eigenvalue weighted by Crippen LogP contribution is -2.08. The molecule has 0 atom stereocenters. The Morgan fingerprint density at radius 3 is 2.57 bits per heavy atom. The van der Waals surface area contributed by atoms with Crippen molar-refractivity contribution >= 4 is 29.5 Å². The molecule has 21 heavy (non-hydrogen) atoms. The maximum absolute atomic E-state index is 12.7. The minimum atomic E-state index is -0.240. The quantitative estimate of drug-likeness (QED) is 0.791. The van der Waals surface area contributed by atoms with E-state index in [9.17, 15) is 4.79 Å². The van der Waals surface area contributed by atoms with E-state index in [1.54, 1.807) is 18.2 Å². The highest BCUT2D eigenvalue weighted by Crippen LogP contribution is 2.23. The van der Waals surface area contributed by atoms with Gasteiger partial charge in [-0.25, -0.2) is 4.98 Å². The summed E-state index contributed by atoms with van der Waals surface area (Å²) in [6.45, 7) is 7.35. The molecule has 0 spiro atoms. The minimum absolute atomic E-state index is 0.240. The topological polar surface area (TPSA) is 52.1 Å². The second kappa shape index (κ2) is 6.33. The van der Waals surface area contributed by atoms with Gasteiger partial charge in [0, 0.05) is 35.2 Å². The molecule has 0 aliphatic heterocycles. The fraction of sp³-hybridized carbons (Fsp3) is 0.0625. The van der Waals surface area contributed by atoms with Crippen LogP contribution in [0.4, 0.5) is 0 Å². The Morgan fingerprint density at radius 2 is 1.95 bits per heavy atom. The first kappa shape index (κ1) is 14.9. The van der Waals surface area contributed by atoms with Crippen molar-refractivity contribution < 1.29 is 9.53 Å². The van der Waals surface area contributed by atoms with Crippen LogP contribution in [0.25, 0.3) is 12.2 Å². The van der Waals surface area contributed by atoms with Gasteiger partial charge in [-0.1, -0.05) is 30.8 Å². The van der Waals surface area contributed by atoms with Crippen LogP contribution < -0.4 is 4.74 Å². The Bertz CT molecular complexity index is 726. The molecule has 0 aromatic carbocycles. The van der Waals surface area contributed by atoms with Crippen LogP contribution >= 0.6 is 11.6 Å². The van der Waals surface area contributed by atoms with Crippen LogP contribution in [0.3, 0.4) is 0 Å². The summed E-state index contributed by atoms with van der Waals surface area (Å²) in [5.74, 6) is 0.106. The number of rotatable bonds is 5. The lowest BCUT2D eigenvalue weighted by molar-refractivity contribution is 0.103. The number of hydrogen-bond donors (Lipinski definition) is 0. The fourth-order valence-corrected chi connectivity index (χ4v) is 2.02. The third kappa shape index (κ3) is 3.01. The Labute approximate surface area is 127 Å². The lowest BCUT2D eigenvalue weighted by Gasteiger charge is -2.09. The van der Waals surface area contributed by atoms with E-state index in [-0.39, 0.29) is 5.78 Å². The van der Waals surface area contributed by atoms with E-state index < -0.39 is 0 Å². The molecule has 0 fully saturated rings. The van der Waals surface area contributed by atoms with Gasteiger partial charge >= 0.3 is 0 Å². The van der Waals surface area contributed by atoms with E-state index in [0.29, 0.717) is 33.3 Å². The summed E-state index contributed by atoms with van der Waals surface area (Å²) < 4.78 is 5.06. The summed E-state index contributed by atoms with van der Waals surface area (Å²) in [4.78, 5) is 20.9. The number of hydrogen-bond acceptors (Lipinski definition) is 4. The summed E-state index contributed by atoms with van der Waals surface area (Å²) >= 11 is 5.93. The van der Waals surface area contributed by atoms with Crippen molar-refractivity contribution in [1.29, 1.82) is 0 Å². The summed E-state index contributed by atoms with van der Waals surface area (Å²) in [6, 6.07) is 3.13. The van der Waals surface area contributed by atoms with Crippen LogP contribution in [0.5, 0.6) is 5.88 Å². The molecule has 0 bridgehead atoms. The predicted molar refractivity (Wildman–Crippen MR) is 83.7 cm³/mol. The molecular formula is C16H13ClN2O2. The number of nitrogens with zero attached hydrogens (tertiary/aromatic N) is 2. The van der Waals surface area contributed by atoms with E-state index in [0.717, 1.165) is 0 Å². The van der Waals surface area contributed by atoms with E-state index in [1.807, 2.05) is 0 Å². The SMILES string of the molecule is C=Cc1cnc(OC)cc1C(=O)c1cc(Cl)cnc1C=C. The van der Waals surface area contributed by atoms with Gasteiger partial charge < -0.3 is 4.74 Å². The normalized spacial score (nSPS) is 10.0. The van der Waals surface area contributed by atoms with Gasteiger partial charge in [0.15, 0.2) is 5.78 Å². The summed E-state index contributed by atoms with van der Waals surface area (Å²) in [7, 11) is 1.49. The van der Waals surface area contributed by atoms with E-state index in [4.69, 9.17) is 16.3 Å². The zero-order valence-corrected chi connectivity index (χ0v) is 12.2. The molecule has 5 heteroatoms. The van der Waals surface area contributed by atoms with E-state index >= 15 is 0 Å². The second-order valence-corrected chi connectivity index (χ2v) is 4.57. The van der Waals surface area contributed by atoms with Gasteiger partial charge in [0.1, 0.15) is 0 Å². The maximum atomic E-state index is 12.7. The molecule has 4 nitrogen and oxygen atoms in total. The smallest absolute Gasteiger partial charge is 0.213 e. The summed E-state index contributed by atoms with van der Waals surface area (Å²) in [6.07, 6.45) is 6.07. The zero-order chi connectivity index (χ0) is 15.4. The summed E-state index contributed by atoms with van der Waals surface area (Å²) in [5.41, 5.74) is 1.86. The number of ether oxygens (including phenoxy) is 1. The average molecular weight is 301 g/mol. The highest BCUT2D eigenvalue weighted by Gasteiger charge is 2.18. The first-order chi connectivity index (χ1) is 10.1. The molecule has 0 radical (unpaired) electrons. The van der Waals surface area contributed by atoms with Gasteiger partial charge in [0.25, 0.3) is 0 Å². The van der Waals surface area contributed by atoms with Gasteiger partial charge in [0.05, 0.1) is 17.8 Å². The van der Waals surface area contributed by atoms with Gasteiger partial charge in [0.2, 0.25) is 5.88 Å². The molecule has 0 saturated carbocycles. The minimum Gasteiger partial charge on any atom is -0.481 e. The largest absolute Gasteiger partial charge is 0.481 e. The number of carbonyl (C=O) groups is 1. The molecule has 2 rings (SSSR count). The Balaban J connectivity index is 2.61. The van der Waals surface area contributed by atoms with Gasteiger partial charge in [-0.3, -0.25) is 9.78 Å². The van der Waals surface area contributed by atoms with Crippen LogP contribution in [0.1, 0.15) is 27.2 Å². The molecule has 0 unspecified atom stereocenters. The lowest BCUT2D eigenvalue weighted by atomic mass is 9.98. The molecule has 2 aromatic rings. The van der Waals surface area contributed by atoms with Gasteiger partial charge in [-0.05, 0) is 12.1 Å². The van der Waals surface area contributed by atoms with Crippen molar-refractivity contribution in [1.82, 2.24) is 9.97 Å². The van der Waals surface area contributed by atoms with Crippen molar-refractivity contribution in [2.45, 2.75) is 0 Å². The van der Waals surface area contributed by atoms with Crippen molar-refractivity contribution in [2.75, 3.05) is 7.11 Å². The first-order valence-electron chi connectivity index (χ1n) is 6.09. The second-order valence-electron chi connectivity index (χ2n) is 4.14. The van der Waals surface area contributed by atoms with Crippen molar-refractivity contribution in [3.05, 3.63) is 65.1 Å². The molecule has 0 N–H and O–H groups in total. The number of carbonyl (C=O) groups excluding carboxylic acids is 1. The molecule has 0 saturated heterocycles. The highest BCUT2D eigenvalue weighted by atomic mass is 35.5. The van der Waals surface area contributed by atoms with Crippen LogP contribution in [0.15, 0.2) is 37.7 Å². The van der Waals surface area contributed by atoms with Crippen LogP contribution in [-0.2, 0) is 0 Å². The molecule has 0 aliphatic rings.